The highest BCUT2D eigenvalue weighted by Gasteiger charge is 2.21. The fourth-order valence-corrected chi connectivity index (χ4v) is 10.2. The minimum Gasteiger partial charge on any atom is -0.309 e. The molecular weight excluding hydrogens is 789 g/mol. The lowest BCUT2D eigenvalue weighted by Gasteiger charge is -2.18. The molecule has 0 aliphatic heterocycles. The van der Waals surface area contributed by atoms with Crippen molar-refractivity contribution in [2.75, 3.05) is 0 Å². The van der Waals surface area contributed by atoms with Gasteiger partial charge in [0.05, 0.1) is 22.4 Å². The first-order chi connectivity index (χ1) is 32.2. The number of hydrogen-bond acceptors (Lipinski definition) is 3. The van der Waals surface area contributed by atoms with Crippen LogP contribution in [0.5, 0.6) is 0 Å². The molecule has 4 nitrogen and oxygen atoms in total. The molecule has 0 bridgehead atoms. The molecule has 0 atom stereocenters. The third kappa shape index (κ3) is 6.03. The predicted molar refractivity (Wildman–Crippen MR) is 271 cm³/mol. The molecule has 10 aromatic carbocycles. The van der Waals surface area contributed by atoms with Crippen LogP contribution in [0.1, 0.15) is 0 Å². The van der Waals surface area contributed by atoms with E-state index in [-0.39, 0.29) is 0 Å². The summed E-state index contributed by atoms with van der Waals surface area (Å²) in [6, 6.07) is 78.3. The first-order valence-corrected chi connectivity index (χ1v) is 22.1. The van der Waals surface area contributed by atoms with Crippen LogP contribution in [0.15, 0.2) is 231 Å². The van der Waals surface area contributed by atoms with Crippen LogP contribution in [-0.4, -0.2) is 19.5 Å². The van der Waals surface area contributed by atoms with Crippen molar-refractivity contribution in [3.63, 3.8) is 0 Å². The van der Waals surface area contributed by atoms with Crippen molar-refractivity contribution in [2.24, 2.45) is 0 Å². The minimum absolute atomic E-state index is 0.683. The molecule has 0 spiro atoms. The van der Waals surface area contributed by atoms with E-state index in [1.165, 1.54) is 65.2 Å². The fourth-order valence-electron chi connectivity index (χ4n) is 10.2. The van der Waals surface area contributed by atoms with Gasteiger partial charge in [0.25, 0.3) is 0 Å². The second-order valence-corrected chi connectivity index (χ2v) is 16.7. The van der Waals surface area contributed by atoms with Crippen molar-refractivity contribution in [2.45, 2.75) is 0 Å². The highest BCUT2D eigenvalue weighted by molar-refractivity contribution is 6.22. The SMILES string of the molecule is c1ccc(-c2cc(-c3cc4ccccc4c4ccccc34)nc(-c3cccc(-c4c5ccccc5c(-c5ccc6c(c5)c5cnccc5n6-c5ccccc5)c5ccccc45)c3)n2)cc1. The van der Waals surface area contributed by atoms with Crippen molar-refractivity contribution in [3.05, 3.63) is 231 Å². The Morgan fingerprint density at radius 3 is 1.60 bits per heavy atom. The Labute approximate surface area is 375 Å². The van der Waals surface area contributed by atoms with Gasteiger partial charge in [-0.1, -0.05) is 170 Å². The van der Waals surface area contributed by atoms with E-state index in [4.69, 9.17) is 9.97 Å². The molecule has 0 fully saturated rings. The second kappa shape index (κ2) is 15.0. The number of nitrogens with zero attached hydrogens (tertiary/aromatic N) is 4. The topological polar surface area (TPSA) is 43.6 Å². The smallest absolute Gasteiger partial charge is 0.160 e. The van der Waals surface area contributed by atoms with Crippen LogP contribution in [0.25, 0.3) is 127 Å². The summed E-state index contributed by atoms with van der Waals surface area (Å²) in [5.74, 6) is 0.683. The molecule has 65 heavy (non-hydrogen) atoms. The van der Waals surface area contributed by atoms with Gasteiger partial charge in [0.15, 0.2) is 5.82 Å². The average Bonchev–Trinajstić information content (AvgIpc) is 3.71. The lowest BCUT2D eigenvalue weighted by Crippen LogP contribution is -1.97. The lowest BCUT2D eigenvalue weighted by molar-refractivity contribution is 1.17. The van der Waals surface area contributed by atoms with E-state index in [2.05, 4.69) is 222 Å². The van der Waals surface area contributed by atoms with E-state index in [1.54, 1.807) is 0 Å². The van der Waals surface area contributed by atoms with E-state index < -0.39 is 0 Å². The van der Waals surface area contributed by atoms with Gasteiger partial charge in [0.1, 0.15) is 0 Å². The second-order valence-electron chi connectivity index (χ2n) is 16.7. The molecule has 302 valence electrons. The van der Waals surface area contributed by atoms with Crippen LogP contribution >= 0.6 is 0 Å². The standard InChI is InChI=1S/C61H38N4/c1-3-16-39(17-4-1)55-37-56(52-35-40-18-7-8-23-45(40)46-24-9-10-25-47(46)52)64-61(63-55)43-20-15-19-41(34-43)59-48-26-11-13-28-50(48)60(51-29-14-12-27-49(51)59)42-30-31-57-53(36-42)54-38-62-33-32-58(54)65(57)44-21-5-2-6-22-44/h1-38H. The number of benzene rings is 10. The maximum absolute atomic E-state index is 5.42. The van der Waals surface area contributed by atoms with Crippen LogP contribution in [0.4, 0.5) is 0 Å². The number of pyridine rings is 1. The van der Waals surface area contributed by atoms with Crippen molar-refractivity contribution >= 4 is 64.9 Å². The van der Waals surface area contributed by atoms with Gasteiger partial charge in [-0.15, -0.1) is 0 Å². The lowest BCUT2D eigenvalue weighted by atomic mass is 9.85. The van der Waals surface area contributed by atoms with Crippen LogP contribution in [0.2, 0.25) is 0 Å². The van der Waals surface area contributed by atoms with E-state index in [0.29, 0.717) is 5.82 Å². The molecule has 0 amide bonds. The van der Waals surface area contributed by atoms with Crippen LogP contribution < -0.4 is 0 Å². The Bertz CT molecular complexity index is 3940. The molecule has 3 heterocycles. The van der Waals surface area contributed by atoms with Crippen molar-refractivity contribution < 1.29 is 0 Å². The van der Waals surface area contributed by atoms with E-state index in [1.807, 2.05) is 18.5 Å². The summed E-state index contributed by atoms with van der Waals surface area (Å²) in [6.07, 6.45) is 3.88. The van der Waals surface area contributed by atoms with Crippen LogP contribution in [0, 0.1) is 0 Å². The van der Waals surface area contributed by atoms with E-state index in [9.17, 15) is 0 Å². The summed E-state index contributed by atoms with van der Waals surface area (Å²) in [4.78, 5) is 15.3. The molecule has 0 N–H and O–H groups in total. The van der Waals surface area contributed by atoms with Crippen LogP contribution in [0.3, 0.4) is 0 Å². The quantitative estimate of drug-likeness (QED) is 0.124. The monoisotopic (exact) mass is 826 g/mol. The molecule has 0 aliphatic rings. The Balaban J connectivity index is 1.01. The number of para-hydroxylation sites is 1. The molecule has 13 aromatic rings. The van der Waals surface area contributed by atoms with Crippen molar-refractivity contribution in [3.8, 4) is 61.8 Å². The van der Waals surface area contributed by atoms with Gasteiger partial charge >= 0.3 is 0 Å². The molecule has 0 saturated heterocycles. The van der Waals surface area contributed by atoms with Crippen molar-refractivity contribution in [1.82, 2.24) is 19.5 Å². The third-order valence-corrected chi connectivity index (χ3v) is 13.1. The number of rotatable bonds is 6. The minimum atomic E-state index is 0.683. The van der Waals surface area contributed by atoms with Gasteiger partial charge in [-0.05, 0) is 114 Å². The van der Waals surface area contributed by atoms with Gasteiger partial charge in [-0.2, -0.15) is 0 Å². The summed E-state index contributed by atoms with van der Waals surface area (Å²) < 4.78 is 2.34. The van der Waals surface area contributed by atoms with E-state index >= 15 is 0 Å². The number of fused-ring (bicyclic) bond motifs is 8. The Morgan fingerprint density at radius 1 is 0.323 bits per heavy atom. The van der Waals surface area contributed by atoms with Gasteiger partial charge < -0.3 is 4.57 Å². The highest BCUT2D eigenvalue weighted by Crippen LogP contribution is 2.46. The zero-order valence-electron chi connectivity index (χ0n) is 35.2. The molecule has 0 radical (unpaired) electrons. The summed E-state index contributed by atoms with van der Waals surface area (Å²) >= 11 is 0. The summed E-state index contributed by atoms with van der Waals surface area (Å²) in [5, 5.41) is 11.9. The predicted octanol–water partition coefficient (Wildman–Crippen LogP) is 15.9. The summed E-state index contributed by atoms with van der Waals surface area (Å²) in [5.41, 5.74) is 13.0. The zero-order chi connectivity index (χ0) is 42.8. The zero-order valence-corrected chi connectivity index (χ0v) is 35.2. The molecule has 3 aromatic heterocycles. The Kier molecular flexibility index (Phi) is 8.50. The molecule has 13 rings (SSSR count). The Hall–Kier alpha value is -8.73. The maximum Gasteiger partial charge on any atom is 0.160 e. The van der Waals surface area contributed by atoms with Gasteiger partial charge in [-0.3, -0.25) is 4.98 Å². The molecule has 0 saturated carbocycles. The summed E-state index contributed by atoms with van der Waals surface area (Å²) in [7, 11) is 0. The molecule has 0 aliphatic carbocycles. The number of hydrogen-bond donors (Lipinski definition) is 0. The van der Waals surface area contributed by atoms with Gasteiger partial charge in [-0.25, -0.2) is 9.97 Å². The van der Waals surface area contributed by atoms with Gasteiger partial charge in [0, 0.05) is 45.5 Å². The first-order valence-electron chi connectivity index (χ1n) is 22.1. The van der Waals surface area contributed by atoms with Gasteiger partial charge in [0.2, 0.25) is 0 Å². The summed E-state index contributed by atoms with van der Waals surface area (Å²) in [6.45, 7) is 0. The molecular formula is C61H38N4. The van der Waals surface area contributed by atoms with Crippen molar-refractivity contribution in [1.29, 1.82) is 0 Å². The Morgan fingerprint density at radius 2 is 0.877 bits per heavy atom. The first kappa shape index (κ1) is 36.9. The fraction of sp³-hybridized carbons (Fsp3) is 0. The molecule has 0 unspecified atom stereocenters. The highest BCUT2D eigenvalue weighted by atomic mass is 15.0. The van der Waals surface area contributed by atoms with E-state index in [0.717, 1.165) is 55.7 Å². The average molecular weight is 827 g/mol. The normalized spacial score (nSPS) is 11.7. The third-order valence-electron chi connectivity index (χ3n) is 13.1. The number of aromatic nitrogens is 4. The maximum atomic E-state index is 5.42. The largest absolute Gasteiger partial charge is 0.309 e. The molecule has 4 heteroatoms. The van der Waals surface area contributed by atoms with Crippen LogP contribution in [-0.2, 0) is 0 Å².